The molecule has 0 spiro atoms. The molecule has 0 aliphatic carbocycles. The van der Waals surface area contributed by atoms with Crippen molar-refractivity contribution in [1.82, 2.24) is 19.7 Å². The maximum Gasteiger partial charge on any atom is 0.323 e. The smallest absolute Gasteiger partial charge is 0.323 e. The number of nitrogens with zero attached hydrogens (tertiary/aromatic N) is 4. The van der Waals surface area contributed by atoms with E-state index in [4.69, 9.17) is 9.47 Å². The molecule has 0 atom stereocenters. The van der Waals surface area contributed by atoms with Gasteiger partial charge in [-0.1, -0.05) is 0 Å². The molecule has 0 radical (unpaired) electrons. The first-order chi connectivity index (χ1) is 15.6. The van der Waals surface area contributed by atoms with Crippen molar-refractivity contribution in [2.24, 2.45) is 0 Å². The second-order valence-corrected chi connectivity index (χ2v) is 6.96. The second kappa shape index (κ2) is 8.26. The summed E-state index contributed by atoms with van der Waals surface area (Å²) in [4.78, 5) is 21.1. The molecule has 32 heavy (non-hydrogen) atoms. The molecule has 160 valence electrons. The molecule has 3 N–H and O–H groups in total. The molecule has 0 fully saturated rings. The maximum absolute atomic E-state index is 12.3. The summed E-state index contributed by atoms with van der Waals surface area (Å²) in [5.41, 5.74) is 2.07. The Balaban J connectivity index is 1.22. The Kier molecular flexibility index (Phi) is 5.00. The third-order valence-corrected chi connectivity index (χ3v) is 4.61. The van der Waals surface area contributed by atoms with Gasteiger partial charge < -0.3 is 25.4 Å². The molecule has 10 nitrogen and oxygen atoms in total. The summed E-state index contributed by atoms with van der Waals surface area (Å²) in [5.74, 6) is 3.20. The van der Waals surface area contributed by atoms with Gasteiger partial charge in [0.15, 0.2) is 17.3 Å². The van der Waals surface area contributed by atoms with E-state index in [9.17, 15) is 4.79 Å². The van der Waals surface area contributed by atoms with Crippen molar-refractivity contribution in [3.8, 4) is 17.3 Å². The molecule has 3 heterocycles. The molecular weight excluding hydrogens is 410 g/mol. The summed E-state index contributed by atoms with van der Waals surface area (Å²) in [6.07, 6.45) is 3.51. The third kappa shape index (κ3) is 4.29. The lowest BCUT2D eigenvalue weighted by atomic mass is 10.2. The molecule has 4 aromatic rings. The summed E-state index contributed by atoms with van der Waals surface area (Å²) >= 11 is 0. The average Bonchev–Trinajstić information content (AvgIpc) is 3.46. The van der Waals surface area contributed by atoms with Crippen molar-refractivity contribution in [3.63, 3.8) is 0 Å². The van der Waals surface area contributed by atoms with Crippen molar-refractivity contribution < 1.29 is 14.3 Å². The highest BCUT2D eigenvalue weighted by molar-refractivity contribution is 6.00. The number of urea groups is 1. The van der Waals surface area contributed by atoms with E-state index >= 15 is 0 Å². The first-order valence-electron chi connectivity index (χ1n) is 9.83. The van der Waals surface area contributed by atoms with Crippen LogP contribution in [0.1, 0.15) is 5.82 Å². The van der Waals surface area contributed by atoms with Gasteiger partial charge in [0.2, 0.25) is 6.79 Å². The van der Waals surface area contributed by atoms with E-state index in [0.29, 0.717) is 40.3 Å². The van der Waals surface area contributed by atoms with E-state index in [1.54, 1.807) is 41.2 Å². The predicted octanol–water partition coefficient (Wildman–Crippen LogP) is 4.09. The molecule has 0 bridgehead atoms. The van der Waals surface area contributed by atoms with Crippen LogP contribution in [0.2, 0.25) is 0 Å². The van der Waals surface area contributed by atoms with E-state index in [1.165, 1.54) is 0 Å². The number of ether oxygens (including phenoxy) is 2. The molecular formula is C22H19N7O3. The van der Waals surface area contributed by atoms with Crippen molar-refractivity contribution >= 4 is 28.9 Å². The molecule has 0 saturated heterocycles. The molecule has 5 rings (SSSR count). The number of hydrogen-bond donors (Lipinski definition) is 3. The van der Waals surface area contributed by atoms with Gasteiger partial charge in [-0.05, 0) is 49.4 Å². The van der Waals surface area contributed by atoms with Crippen molar-refractivity contribution in [3.05, 3.63) is 72.8 Å². The molecule has 2 amide bonds. The van der Waals surface area contributed by atoms with Crippen LogP contribution in [0, 0.1) is 6.92 Å². The largest absolute Gasteiger partial charge is 0.454 e. The van der Waals surface area contributed by atoms with Gasteiger partial charge in [0.1, 0.15) is 11.6 Å². The number of benzene rings is 2. The topological polar surface area (TPSA) is 115 Å². The first kappa shape index (κ1) is 19.4. The molecule has 2 aromatic carbocycles. The van der Waals surface area contributed by atoms with Crippen LogP contribution in [-0.4, -0.2) is 32.6 Å². The summed E-state index contributed by atoms with van der Waals surface area (Å²) in [6.45, 7) is 2.01. The first-order valence-corrected chi connectivity index (χ1v) is 9.83. The minimum absolute atomic E-state index is 0.185. The fraction of sp³-hybridized carbons (Fsp3) is 0.0909. The van der Waals surface area contributed by atoms with E-state index in [-0.39, 0.29) is 12.8 Å². The van der Waals surface area contributed by atoms with Crippen molar-refractivity contribution in [1.29, 1.82) is 0 Å². The Bertz CT molecular complexity index is 1260. The zero-order chi connectivity index (χ0) is 21.9. The third-order valence-electron chi connectivity index (χ3n) is 4.61. The van der Waals surface area contributed by atoms with Crippen molar-refractivity contribution in [2.45, 2.75) is 6.92 Å². The minimum Gasteiger partial charge on any atom is -0.454 e. The second-order valence-electron chi connectivity index (χ2n) is 6.96. The van der Waals surface area contributed by atoms with Gasteiger partial charge in [-0.3, -0.25) is 0 Å². The Morgan fingerprint density at radius 2 is 1.69 bits per heavy atom. The number of carbonyl (C=O) groups is 1. The number of nitrogens with one attached hydrogen (secondary N) is 3. The molecule has 10 heteroatoms. The monoisotopic (exact) mass is 429 g/mol. The Morgan fingerprint density at radius 3 is 2.50 bits per heavy atom. The molecule has 1 aliphatic rings. The number of fused-ring (bicyclic) bond motifs is 1. The number of anilines is 4. The minimum atomic E-state index is -0.361. The molecule has 1 aliphatic heterocycles. The van der Waals surface area contributed by atoms with Gasteiger partial charge in [0.25, 0.3) is 0 Å². The van der Waals surface area contributed by atoms with Crippen LogP contribution in [0.5, 0.6) is 11.5 Å². The van der Waals surface area contributed by atoms with Crippen LogP contribution in [0.3, 0.4) is 0 Å². The highest BCUT2D eigenvalue weighted by Gasteiger charge is 2.14. The van der Waals surface area contributed by atoms with Gasteiger partial charge >= 0.3 is 6.03 Å². The molecule has 2 aromatic heterocycles. The maximum atomic E-state index is 12.3. The van der Waals surface area contributed by atoms with Gasteiger partial charge in [0, 0.05) is 41.6 Å². The summed E-state index contributed by atoms with van der Waals surface area (Å²) < 4.78 is 12.3. The van der Waals surface area contributed by atoms with E-state index in [2.05, 4.69) is 31.0 Å². The quantitative estimate of drug-likeness (QED) is 0.438. The lowest BCUT2D eigenvalue weighted by Crippen LogP contribution is -2.19. The number of hydrogen-bond acceptors (Lipinski definition) is 7. The van der Waals surface area contributed by atoms with Crippen molar-refractivity contribution in [2.75, 3.05) is 22.7 Å². The average molecular weight is 429 g/mol. The number of rotatable bonds is 5. The van der Waals surface area contributed by atoms with Crippen LogP contribution < -0.4 is 25.4 Å². The molecule has 0 saturated carbocycles. The van der Waals surface area contributed by atoms with Gasteiger partial charge in [-0.25, -0.2) is 19.4 Å². The van der Waals surface area contributed by atoms with Crippen LogP contribution in [-0.2, 0) is 0 Å². The normalized spacial score (nSPS) is 11.8. The van der Waals surface area contributed by atoms with E-state index in [0.717, 1.165) is 5.69 Å². The number of aromatic nitrogens is 4. The standard InChI is InChI=1S/C22H19N7O3/c1-14-24-20(12-21(25-14)29-10-2-9-23-29)26-15-3-5-16(6-4-15)27-22(30)28-17-7-8-18-19(11-17)32-13-31-18/h2-12H,13H2,1H3,(H,24,25,26)(H2,27,28,30). The summed E-state index contributed by atoms with van der Waals surface area (Å²) in [7, 11) is 0. The number of aryl methyl sites for hydroxylation is 1. The predicted molar refractivity (Wildman–Crippen MR) is 119 cm³/mol. The number of amides is 2. The van der Waals surface area contributed by atoms with Gasteiger partial charge in [-0.15, -0.1) is 0 Å². The zero-order valence-electron chi connectivity index (χ0n) is 17.1. The molecule has 0 unspecified atom stereocenters. The fourth-order valence-corrected chi connectivity index (χ4v) is 3.19. The van der Waals surface area contributed by atoms with Crippen LogP contribution >= 0.6 is 0 Å². The van der Waals surface area contributed by atoms with Gasteiger partial charge in [0.05, 0.1) is 0 Å². The lowest BCUT2D eigenvalue weighted by Gasteiger charge is -2.11. The number of carbonyl (C=O) groups excluding carboxylic acids is 1. The lowest BCUT2D eigenvalue weighted by molar-refractivity contribution is 0.174. The summed E-state index contributed by atoms with van der Waals surface area (Å²) in [5, 5.41) is 13.0. The van der Waals surface area contributed by atoms with Gasteiger partial charge in [-0.2, -0.15) is 5.10 Å². The zero-order valence-corrected chi connectivity index (χ0v) is 17.1. The Labute approximate surface area is 183 Å². The Hall–Kier alpha value is -4.60. The highest BCUT2D eigenvalue weighted by Crippen LogP contribution is 2.34. The highest BCUT2D eigenvalue weighted by atomic mass is 16.7. The van der Waals surface area contributed by atoms with Crippen LogP contribution in [0.25, 0.3) is 5.82 Å². The van der Waals surface area contributed by atoms with Crippen LogP contribution in [0.15, 0.2) is 67.0 Å². The van der Waals surface area contributed by atoms with E-state index < -0.39 is 0 Å². The van der Waals surface area contributed by atoms with Crippen LogP contribution in [0.4, 0.5) is 27.7 Å². The van der Waals surface area contributed by atoms with E-state index in [1.807, 2.05) is 37.4 Å². The fourth-order valence-electron chi connectivity index (χ4n) is 3.19. The summed E-state index contributed by atoms with van der Waals surface area (Å²) in [6, 6.07) is 15.8. The Morgan fingerprint density at radius 1 is 0.938 bits per heavy atom. The SMILES string of the molecule is Cc1nc(Nc2ccc(NC(=O)Nc3ccc4c(c3)OCO4)cc2)cc(-n2cccn2)n1.